The highest BCUT2D eigenvalue weighted by atomic mass is 16.6. The summed E-state index contributed by atoms with van der Waals surface area (Å²) in [6, 6.07) is 0.0618. The number of hydrogen-bond acceptors (Lipinski definition) is 5. The summed E-state index contributed by atoms with van der Waals surface area (Å²) in [4.78, 5) is 21.8. The number of carbonyl (C=O) groups excluding carboxylic acids is 1. The highest BCUT2D eigenvalue weighted by molar-refractivity contribution is 5.70. The summed E-state index contributed by atoms with van der Waals surface area (Å²) in [7, 11) is 3.39. The van der Waals surface area contributed by atoms with Crippen LogP contribution < -0.4 is 0 Å². The monoisotopic (exact) mass is 501 g/mol. The van der Waals surface area contributed by atoms with Crippen LogP contribution in [0, 0.1) is 5.92 Å². The van der Waals surface area contributed by atoms with E-state index in [1.165, 1.54) is 12.7 Å². The third-order valence-electron chi connectivity index (χ3n) is 5.46. The second kappa shape index (κ2) is 22.7. The Morgan fingerprint density at radius 3 is 2.19 bits per heavy atom. The maximum Gasteiger partial charge on any atom is 0.331 e. The van der Waals surface area contributed by atoms with Crippen LogP contribution in [-0.2, 0) is 14.3 Å². The van der Waals surface area contributed by atoms with Gasteiger partial charge in [0.1, 0.15) is 12.6 Å². The third-order valence-corrected chi connectivity index (χ3v) is 5.46. The molecular formula is C30H51N3O3. The van der Waals surface area contributed by atoms with E-state index in [1.54, 1.807) is 6.08 Å². The number of hydrogen-bond donors (Lipinski definition) is 0. The molecule has 0 aliphatic carbocycles. The predicted octanol–water partition coefficient (Wildman–Crippen LogP) is 6.62. The van der Waals surface area contributed by atoms with Crippen LogP contribution in [0.4, 0.5) is 0 Å². The van der Waals surface area contributed by atoms with Crippen LogP contribution in [0.5, 0.6) is 0 Å². The van der Waals surface area contributed by atoms with Gasteiger partial charge in [0.05, 0.1) is 19.5 Å². The maximum absolute atomic E-state index is 10.4. The molecule has 0 aliphatic rings. The molecule has 0 aromatic carbocycles. The van der Waals surface area contributed by atoms with Gasteiger partial charge in [0.15, 0.2) is 0 Å². The Bertz CT molecular complexity index is 736. The summed E-state index contributed by atoms with van der Waals surface area (Å²) in [5.41, 5.74) is 2.23. The van der Waals surface area contributed by atoms with Gasteiger partial charge in [-0.05, 0) is 56.9 Å². The van der Waals surface area contributed by atoms with Crippen molar-refractivity contribution < 1.29 is 14.3 Å². The molecule has 0 saturated heterocycles. The van der Waals surface area contributed by atoms with Crippen molar-refractivity contribution >= 4 is 19.0 Å². The van der Waals surface area contributed by atoms with Crippen LogP contribution in [0.3, 0.4) is 0 Å². The first-order chi connectivity index (χ1) is 17.1. The number of unbranched alkanes of at least 4 members (excludes halogenated alkanes) is 2. The zero-order valence-corrected chi connectivity index (χ0v) is 23.9. The number of aliphatic imine (C=N–C) groups is 2. The van der Waals surface area contributed by atoms with Crippen molar-refractivity contribution in [1.29, 1.82) is 0 Å². The molecule has 0 aliphatic heterocycles. The van der Waals surface area contributed by atoms with Gasteiger partial charge in [-0.15, -0.1) is 6.58 Å². The number of ether oxygens (including phenoxy) is 2. The molecule has 0 rings (SSSR count). The van der Waals surface area contributed by atoms with Crippen LogP contribution in [0.1, 0.15) is 60.3 Å². The van der Waals surface area contributed by atoms with Crippen molar-refractivity contribution in [2.45, 2.75) is 78.4 Å². The summed E-state index contributed by atoms with van der Waals surface area (Å²) in [6.45, 7) is 26.8. The molecule has 0 aromatic rings. The van der Waals surface area contributed by atoms with E-state index in [1.807, 2.05) is 31.6 Å². The average molecular weight is 502 g/mol. The predicted molar refractivity (Wildman–Crippen MR) is 157 cm³/mol. The molecule has 2 atom stereocenters. The van der Waals surface area contributed by atoms with E-state index in [-0.39, 0.29) is 24.7 Å². The first-order valence-electron chi connectivity index (χ1n) is 12.8. The van der Waals surface area contributed by atoms with Crippen LogP contribution in [0.15, 0.2) is 71.2 Å². The number of esters is 1. The molecular weight excluding hydrogens is 450 g/mol. The fraction of sp³-hybridized carbons (Fsp3) is 0.567. The molecule has 6 heteroatoms. The maximum atomic E-state index is 10.4. The average Bonchev–Trinajstić information content (AvgIpc) is 2.86. The van der Waals surface area contributed by atoms with E-state index in [4.69, 9.17) is 9.73 Å². The summed E-state index contributed by atoms with van der Waals surface area (Å²) in [5.74, 6) is 0.0430. The van der Waals surface area contributed by atoms with Crippen molar-refractivity contribution in [3.8, 4) is 0 Å². The molecule has 2 unspecified atom stereocenters. The van der Waals surface area contributed by atoms with Gasteiger partial charge < -0.3 is 14.4 Å². The summed E-state index contributed by atoms with van der Waals surface area (Å²) < 4.78 is 9.32. The Hall–Kier alpha value is -2.73. The SMILES string of the molecule is C=C/C=C(\C=C)C(N=C)C(N=CN(C)C(C)C)/C(=C/CCC=C)C(C)C.CCCCOCC(=O)OC. The zero-order chi connectivity index (χ0) is 27.9. The Kier molecular flexibility index (Phi) is 22.4. The minimum atomic E-state index is -0.309. The second-order valence-corrected chi connectivity index (χ2v) is 8.91. The van der Waals surface area contributed by atoms with Gasteiger partial charge in [0, 0.05) is 19.7 Å². The Labute approximate surface area is 221 Å². The van der Waals surface area contributed by atoms with Crippen molar-refractivity contribution in [3.63, 3.8) is 0 Å². The Morgan fingerprint density at radius 2 is 1.75 bits per heavy atom. The van der Waals surface area contributed by atoms with E-state index >= 15 is 0 Å². The van der Waals surface area contributed by atoms with Gasteiger partial charge in [0.2, 0.25) is 0 Å². The minimum absolute atomic E-state index is 0.0799. The van der Waals surface area contributed by atoms with Gasteiger partial charge in [-0.1, -0.05) is 70.7 Å². The summed E-state index contributed by atoms with van der Waals surface area (Å²) in [6.07, 6.45) is 15.6. The topological polar surface area (TPSA) is 63.5 Å². The van der Waals surface area contributed by atoms with Crippen molar-refractivity contribution in [2.75, 3.05) is 27.4 Å². The van der Waals surface area contributed by atoms with Crippen LogP contribution in [-0.4, -0.2) is 69.4 Å². The van der Waals surface area contributed by atoms with Gasteiger partial charge in [-0.2, -0.15) is 0 Å². The molecule has 6 nitrogen and oxygen atoms in total. The van der Waals surface area contributed by atoms with E-state index in [2.05, 4.69) is 81.8 Å². The lowest BCUT2D eigenvalue weighted by Gasteiger charge is -2.28. The van der Waals surface area contributed by atoms with Gasteiger partial charge in [-0.3, -0.25) is 9.98 Å². The van der Waals surface area contributed by atoms with Crippen LogP contribution in [0.25, 0.3) is 0 Å². The highest BCUT2D eigenvalue weighted by Gasteiger charge is 2.27. The normalized spacial score (nSPS) is 13.6. The van der Waals surface area contributed by atoms with Gasteiger partial charge in [-0.25, -0.2) is 4.79 Å². The third kappa shape index (κ3) is 16.0. The lowest BCUT2D eigenvalue weighted by molar-refractivity contribution is -0.145. The van der Waals surface area contributed by atoms with Crippen molar-refractivity contribution in [1.82, 2.24) is 4.90 Å². The molecule has 0 saturated carbocycles. The zero-order valence-electron chi connectivity index (χ0n) is 23.9. The van der Waals surface area contributed by atoms with Crippen LogP contribution in [0.2, 0.25) is 0 Å². The van der Waals surface area contributed by atoms with Crippen LogP contribution >= 0.6 is 0 Å². The Morgan fingerprint density at radius 1 is 1.08 bits per heavy atom. The smallest absolute Gasteiger partial charge is 0.331 e. The lowest BCUT2D eigenvalue weighted by Crippen LogP contribution is -2.31. The van der Waals surface area contributed by atoms with E-state index in [9.17, 15) is 4.79 Å². The number of methoxy groups -OCH3 is 1. The number of carbonyl (C=O) groups is 1. The lowest BCUT2D eigenvalue weighted by atomic mass is 9.86. The molecule has 0 amide bonds. The molecule has 0 N–H and O–H groups in total. The fourth-order valence-corrected chi connectivity index (χ4v) is 3.00. The minimum Gasteiger partial charge on any atom is -0.467 e. The first-order valence-corrected chi connectivity index (χ1v) is 12.8. The van der Waals surface area contributed by atoms with E-state index < -0.39 is 0 Å². The number of rotatable bonds is 18. The standard InChI is InChI=1S/C23H37N3.C7H14O3/c1-10-13-14-16-21(18(4)5)23(25-17-26(9)19(6)7)22(24-8)20(12-3)15-11-2;1-3-4-5-10-6-7(8)9-2/h10-12,15-19,22-23H,1-3,8,13-14H2,4-7,9H3;3-6H2,1-2H3/b20-15+,21-16+,25-17?;. The van der Waals surface area contributed by atoms with Gasteiger partial charge in [0.25, 0.3) is 0 Å². The molecule has 204 valence electrons. The summed E-state index contributed by atoms with van der Waals surface area (Å²) in [5, 5.41) is 0. The second-order valence-electron chi connectivity index (χ2n) is 8.91. The molecule has 0 aromatic heterocycles. The molecule has 0 fully saturated rings. The van der Waals surface area contributed by atoms with E-state index in [0.717, 1.165) is 31.3 Å². The van der Waals surface area contributed by atoms with E-state index in [0.29, 0.717) is 18.6 Å². The fourth-order valence-electron chi connectivity index (χ4n) is 3.00. The number of nitrogens with zero attached hydrogens (tertiary/aromatic N) is 3. The molecule has 0 heterocycles. The quantitative estimate of drug-likeness (QED) is 0.0529. The molecule has 0 spiro atoms. The molecule has 0 radical (unpaired) electrons. The number of allylic oxidation sites excluding steroid dienone is 4. The van der Waals surface area contributed by atoms with Crippen molar-refractivity contribution in [2.24, 2.45) is 15.9 Å². The van der Waals surface area contributed by atoms with Gasteiger partial charge >= 0.3 is 5.97 Å². The highest BCUT2D eigenvalue weighted by Crippen LogP contribution is 2.27. The Balaban J connectivity index is 0. The summed E-state index contributed by atoms with van der Waals surface area (Å²) >= 11 is 0. The molecule has 0 bridgehead atoms. The largest absolute Gasteiger partial charge is 0.467 e. The first kappa shape index (κ1) is 35.4. The molecule has 36 heavy (non-hydrogen) atoms. The van der Waals surface area contributed by atoms with Crippen molar-refractivity contribution in [3.05, 3.63) is 61.3 Å².